The Bertz CT molecular complexity index is 3850. The first-order chi connectivity index (χ1) is 31.3. The molecule has 0 saturated carbocycles. The van der Waals surface area contributed by atoms with E-state index in [-0.39, 0.29) is 0 Å². The molecule has 13 aromatic rings. The van der Waals surface area contributed by atoms with Crippen molar-refractivity contribution >= 4 is 65.6 Å². The van der Waals surface area contributed by atoms with Crippen LogP contribution in [-0.4, -0.2) is 24.1 Å². The highest BCUT2D eigenvalue weighted by Crippen LogP contribution is 2.45. The summed E-state index contributed by atoms with van der Waals surface area (Å²) in [6.07, 6.45) is 0. The molecule has 0 atom stereocenters. The second kappa shape index (κ2) is 14.0. The van der Waals surface area contributed by atoms with E-state index in [1.807, 2.05) is 66.7 Å². The Morgan fingerprint density at radius 2 is 0.889 bits per heavy atom. The number of benzene rings is 9. The van der Waals surface area contributed by atoms with E-state index in [1.165, 1.54) is 27.1 Å². The summed E-state index contributed by atoms with van der Waals surface area (Å²) in [6.45, 7) is 0. The predicted octanol–water partition coefficient (Wildman–Crippen LogP) is 14.6. The monoisotopic (exact) mass is 805 g/mol. The van der Waals surface area contributed by atoms with E-state index in [4.69, 9.17) is 19.4 Å². The average molecular weight is 806 g/mol. The van der Waals surface area contributed by atoms with Gasteiger partial charge in [0.25, 0.3) is 0 Å². The highest BCUT2D eigenvalue weighted by atomic mass is 16.3. The van der Waals surface area contributed by atoms with E-state index in [0.29, 0.717) is 17.5 Å². The highest BCUT2D eigenvalue weighted by Gasteiger charge is 2.23. The van der Waals surface area contributed by atoms with Crippen molar-refractivity contribution in [2.45, 2.75) is 0 Å². The van der Waals surface area contributed by atoms with Gasteiger partial charge in [0, 0.05) is 60.3 Å². The molecule has 0 fully saturated rings. The maximum absolute atomic E-state index is 6.67. The van der Waals surface area contributed by atoms with Crippen molar-refractivity contribution in [1.29, 1.82) is 0 Å². The van der Waals surface area contributed by atoms with Crippen LogP contribution in [0.2, 0.25) is 0 Å². The van der Waals surface area contributed by atoms with Gasteiger partial charge in [0.2, 0.25) is 0 Å². The minimum atomic E-state index is 0.599. The van der Waals surface area contributed by atoms with Gasteiger partial charge in [-0.3, -0.25) is 0 Å². The first kappa shape index (κ1) is 35.2. The summed E-state index contributed by atoms with van der Waals surface area (Å²) in [5, 5.41) is 6.82. The average Bonchev–Trinajstić information content (AvgIpc) is 4.02. The minimum absolute atomic E-state index is 0.599. The molecule has 4 heterocycles. The number of fused-ring (bicyclic) bond motifs is 9. The molecular weight excluding hydrogens is 771 g/mol. The number of rotatable bonds is 6. The molecule has 0 amide bonds. The largest absolute Gasteiger partial charge is 0.456 e. The lowest BCUT2D eigenvalue weighted by Gasteiger charge is -2.14. The van der Waals surface area contributed by atoms with Gasteiger partial charge in [-0.15, -0.1) is 0 Å². The fraction of sp³-hybridized carbons (Fsp3) is 0. The van der Waals surface area contributed by atoms with Crippen LogP contribution in [0.15, 0.2) is 217 Å². The van der Waals surface area contributed by atoms with Gasteiger partial charge in [0.1, 0.15) is 11.2 Å². The summed E-state index contributed by atoms with van der Waals surface area (Å²) in [6, 6.07) is 74.5. The lowest BCUT2D eigenvalue weighted by molar-refractivity contribution is 0.669. The molecule has 9 aromatic carbocycles. The number of furan rings is 1. The zero-order valence-corrected chi connectivity index (χ0v) is 33.9. The van der Waals surface area contributed by atoms with Crippen LogP contribution in [0.1, 0.15) is 0 Å². The Hall–Kier alpha value is -8.61. The van der Waals surface area contributed by atoms with Gasteiger partial charge in [-0.1, -0.05) is 152 Å². The molecule has 0 aliphatic rings. The van der Waals surface area contributed by atoms with Gasteiger partial charge in [-0.05, 0) is 66.2 Å². The molecule has 0 spiro atoms. The maximum atomic E-state index is 6.67. The molecule has 0 aliphatic heterocycles. The van der Waals surface area contributed by atoms with Gasteiger partial charge in [0.15, 0.2) is 17.5 Å². The summed E-state index contributed by atoms with van der Waals surface area (Å²) < 4.78 is 11.5. The SMILES string of the molecule is c1ccc(-c2nc(-c3ccccc3)nc(-c3ccc4oc5cccc(-c6cccc7c8ccccc8n(-c8cccc9c8c8ccccc8n9-c8ccccc8)c67)c5c4c3)n2)cc1. The number of nitrogens with zero attached hydrogens (tertiary/aromatic N) is 5. The lowest BCUT2D eigenvalue weighted by Crippen LogP contribution is -2.00. The molecule has 4 aromatic heterocycles. The number of aromatic nitrogens is 5. The Morgan fingerprint density at radius 3 is 1.62 bits per heavy atom. The molecule has 0 saturated heterocycles. The van der Waals surface area contributed by atoms with E-state index >= 15 is 0 Å². The zero-order valence-electron chi connectivity index (χ0n) is 33.9. The van der Waals surface area contributed by atoms with Crippen LogP contribution in [0.3, 0.4) is 0 Å². The highest BCUT2D eigenvalue weighted by molar-refractivity contribution is 6.21. The third-order valence-electron chi connectivity index (χ3n) is 12.4. The van der Waals surface area contributed by atoms with Crippen molar-refractivity contribution in [2.75, 3.05) is 0 Å². The van der Waals surface area contributed by atoms with Crippen LogP contribution < -0.4 is 0 Å². The van der Waals surface area contributed by atoms with Gasteiger partial charge in [-0.2, -0.15) is 0 Å². The van der Waals surface area contributed by atoms with Crippen LogP contribution in [0.5, 0.6) is 0 Å². The normalized spacial score (nSPS) is 11.8. The molecule has 0 bridgehead atoms. The van der Waals surface area contributed by atoms with Crippen molar-refractivity contribution in [1.82, 2.24) is 24.1 Å². The van der Waals surface area contributed by atoms with Gasteiger partial charge in [-0.25, -0.2) is 15.0 Å². The second-order valence-electron chi connectivity index (χ2n) is 15.9. The predicted molar refractivity (Wildman–Crippen MR) is 258 cm³/mol. The van der Waals surface area contributed by atoms with Gasteiger partial charge >= 0.3 is 0 Å². The van der Waals surface area contributed by atoms with E-state index in [0.717, 1.165) is 77.7 Å². The maximum Gasteiger partial charge on any atom is 0.164 e. The van der Waals surface area contributed by atoms with Crippen molar-refractivity contribution in [3.63, 3.8) is 0 Å². The molecule has 0 unspecified atom stereocenters. The molecule has 6 nitrogen and oxygen atoms in total. The first-order valence-electron chi connectivity index (χ1n) is 21.2. The fourth-order valence-electron chi connectivity index (χ4n) is 9.66. The van der Waals surface area contributed by atoms with Gasteiger partial charge in [0.05, 0.1) is 27.8 Å². The molecule has 0 aliphatic carbocycles. The molecule has 0 N–H and O–H groups in total. The van der Waals surface area contributed by atoms with E-state index in [1.54, 1.807) is 0 Å². The number of hydrogen-bond acceptors (Lipinski definition) is 4. The number of para-hydroxylation sites is 4. The Labute approximate surface area is 361 Å². The first-order valence-corrected chi connectivity index (χ1v) is 21.2. The van der Waals surface area contributed by atoms with E-state index in [9.17, 15) is 0 Å². The van der Waals surface area contributed by atoms with Crippen molar-refractivity contribution in [2.24, 2.45) is 0 Å². The Kier molecular flexibility index (Phi) is 7.80. The Balaban J connectivity index is 1.07. The number of hydrogen-bond donors (Lipinski definition) is 0. The zero-order chi connectivity index (χ0) is 41.4. The van der Waals surface area contributed by atoms with E-state index in [2.05, 4.69) is 155 Å². The van der Waals surface area contributed by atoms with Crippen LogP contribution in [0.25, 0.3) is 122 Å². The minimum Gasteiger partial charge on any atom is -0.456 e. The smallest absolute Gasteiger partial charge is 0.164 e. The van der Waals surface area contributed by atoms with Crippen LogP contribution in [0, 0.1) is 0 Å². The summed E-state index contributed by atoms with van der Waals surface area (Å²) in [4.78, 5) is 15.1. The van der Waals surface area contributed by atoms with Crippen LogP contribution in [0.4, 0.5) is 0 Å². The van der Waals surface area contributed by atoms with Crippen molar-refractivity contribution in [3.05, 3.63) is 212 Å². The standard InChI is InChI=1S/C57H35N5O/c1-4-17-36(18-5-1)55-58-56(37-19-6-2-7-20-37)60-57(59-55)38-33-34-50-45(35-38)52-41(25-15-32-51(52)63-50)43-27-14-26-42-40-23-10-12-28-46(40)62(54(42)43)49-31-16-30-48-53(49)44-24-11-13-29-47(44)61(48)39-21-8-3-9-22-39/h1-35H. The summed E-state index contributed by atoms with van der Waals surface area (Å²) in [5.74, 6) is 1.85. The van der Waals surface area contributed by atoms with Crippen molar-refractivity contribution in [3.8, 4) is 56.7 Å². The lowest BCUT2D eigenvalue weighted by atomic mass is 9.96. The summed E-state index contributed by atoms with van der Waals surface area (Å²) in [7, 11) is 0. The third-order valence-corrected chi connectivity index (χ3v) is 12.4. The third kappa shape index (κ3) is 5.48. The topological polar surface area (TPSA) is 61.7 Å². The molecule has 0 radical (unpaired) electrons. The quantitative estimate of drug-likeness (QED) is 0.168. The summed E-state index contributed by atoms with van der Waals surface area (Å²) >= 11 is 0. The van der Waals surface area contributed by atoms with Gasteiger partial charge < -0.3 is 13.6 Å². The Morgan fingerprint density at radius 1 is 0.333 bits per heavy atom. The van der Waals surface area contributed by atoms with Crippen molar-refractivity contribution < 1.29 is 4.42 Å². The second-order valence-corrected chi connectivity index (χ2v) is 15.9. The van der Waals surface area contributed by atoms with Crippen LogP contribution in [-0.2, 0) is 0 Å². The molecule has 6 heteroatoms. The molecule has 294 valence electrons. The molecule has 13 rings (SSSR count). The molecular formula is C57H35N5O. The van der Waals surface area contributed by atoms with Crippen LogP contribution >= 0.6 is 0 Å². The summed E-state index contributed by atoms with van der Waals surface area (Å²) in [5.41, 5.74) is 13.4. The molecule has 63 heavy (non-hydrogen) atoms. The fourth-order valence-corrected chi connectivity index (χ4v) is 9.66. The van der Waals surface area contributed by atoms with E-state index < -0.39 is 0 Å².